The summed E-state index contributed by atoms with van der Waals surface area (Å²) in [6, 6.07) is 12.1. The van der Waals surface area contributed by atoms with Crippen molar-refractivity contribution >= 4 is 16.7 Å². The molecule has 2 aromatic heterocycles. The summed E-state index contributed by atoms with van der Waals surface area (Å²) in [6.45, 7) is 0. The normalized spacial score (nSPS) is 10.8. The molecule has 0 saturated carbocycles. The number of nitrogens with zero attached hydrogens (tertiary/aromatic N) is 1. The Morgan fingerprint density at radius 2 is 1.88 bits per heavy atom. The van der Waals surface area contributed by atoms with Gasteiger partial charge in [0.05, 0.1) is 11.9 Å². The molecule has 0 aliphatic rings. The molecule has 0 fully saturated rings. The van der Waals surface area contributed by atoms with Crippen molar-refractivity contribution in [2.45, 2.75) is 0 Å². The first-order valence-corrected chi connectivity index (χ1v) is 5.13. The number of fused-ring (bicyclic) bond motifs is 1. The highest BCUT2D eigenvalue weighted by atomic mass is 14.8. The molecule has 0 unspecified atom stereocenters. The van der Waals surface area contributed by atoms with Gasteiger partial charge in [-0.25, -0.2) is 4.98 Å². The lowest BCUT2D eigenvalue weighted by molar-refractivity contribution is 1.33. The molecule has 1 aromatic carbocycles. The zero-order valence-corrected chi connectivity index (χ0v) is 8.64. The van der Waals surface area contributed by atoms with Crippen LogP contribution in [0.5, 0.6) is 0 Å². The van der Waals surface area contributed by atoms with Gasteiger partial charge >= 0.3 is 0 Å². The SMILES string of the molecule is Nc1cnc2[nH]ccc2c1-c1ccccc1. The van der Waals surface area contributed by atoms with Crippen molar-refractivity contribution in [2.75, 3.05) is 5.73 Å². The standard InChI is InChI=1S/C13H11N3/c14-11-8-16-13-10(6-7-15-13)12(11)9-4-2-1-3-5-9/h1-8H,14H2,(H,15,16). The van der Waals surface area contributed by atoms with Gasteiger partial charge in [0.1, 0.15) is 5.65 Å². The highest BCUT2D eigenvalue weighted by Crippen LogP contribution is 2.31. The highest BCUT2D eigenvalue weighted by molar-refractivity contribution is 5.98. The molecule has 3 aromatic rings. The van der Waals surface area contributed by atoms with Gasteiger partial charge in [-0.1, -0.05) is 30.3 Å². The molecule has 0 aliphatic heterocycles. The number of hydrogen-bond donors (Lipinski definition) is 2. The lowest BCUT2D eigenvalue weighted by atomic mass is 10.0. The van der Waals surface area contributed by atoms with Gasteiger partial charge in [0.15, 0.2) is 0 Å². The van der Waals surface area contributed by atoms with Gasteiger partial charge in [-0.2, -0.15) is 0 Å². The Hall–Kier alpha value is -2.29. The predicted octanol–water partition coefficient (Wildman–Crippen LogP) is 2.81. The molecule has 0 aliphatic carbocycles. The fraction of sp³-hybridized carbons (Fsp3) is 0. The molecule has 2 heterocycles. The summed E-state index contributed by atoms with van der Waals surface area (Å²) in [5, 5.41) is 1.06. The molecule has 0 spiro atoms. The number of rotatable bonds is 1. The first-order chi connectivity index (χ1) is 7.86. The van der Waals surface area contributed by atoms with Crippen LogP contribution >= 0.6 is 0 Å². The molecule has 0 saturated heterocycles. The summed E-state index contributed by atoms with van der Waals surface area (Å²) in [5.74, 6) is 0. The average Bonchev–Trinajstić information content (AvgIpc) is 2.78. The van der Waals surface area contributed by atoms with E-state index in [9.17, 15) is 0 Å². The number of anilines is 1. The van der Waals surface area contributed by atoms with E-state index in [2.05, 4.69) is 22.1 Å². The maximum Gasteiger partial charge on any atom is 0.137 e. The van der Waals surface area contributed by atoms with E-state index in [0.717, 1.165) is 22.2 Å². The van der Waals surface area contributed by atoms with Gasteiger partial charge in [0.2, 0.25) is 0 Å². The van der Waals surface area contributed by atoms with Gasteiger partial charge < -0.3 is 10.7 Å². The summed E-state index contributed by atoms with van der Waals surface area (Å²) in [7, 11) is 0. The molecule has 0 bridgehead atoms. The summed E-state index contributed by atoms with van der Waals surface area (Å²) in [6.07, 6.45) is 3.57. The topological polar surface area (TPSA) is 54.7 Å². The van der Waals surface area contributed by atoms with E-state index >= 15 is 0 Å². The number of nitrogens with two attached hydrogens (primary N) is 1. The van der Waals surface area contributed by atoms with Crippen molar-refractivity contribution in [1.82, 2.24) is 9.97 Å². The minimum Gasteiger partial charge on any atom is -0.397 e. The van der Waals surface area contributed by atoms with E-state index in [1.165, 1.54) is 0 Å². The van der Waals surface area contributed by atoms with E-state index in [0.29, 0.717) is 5.69 Å². The molecule has 3 heteroatoms. The third-order valence-electron chi connectivity index (χ3n) is 2.68. The Balaban J connectivity index is 2.38. The molecule has 0 atom stereocenters. The number of nitrogen functional groups attached to an aromatic ring is 1. The Bertz CT molecular complexity index is 626. The number of nitrogens with one attached hydrogen (secondary N) is 1. The van der Waals surface area contributed by atoms with E-state index in [1.807, 2.05) is 30.5 Å². The van der Waals surface area contributed by atoms with Crippen molar-refractivity contribution in [3.63, 3.8) is 0 Å². The minimum absolute atomic E-state index is 0.707. The van der Waals surface area contributed by atoms with Crippen LogP contribution in [0.2, 0.25) is 0 Å². The molecular weight excluding hydrogens is 198 g/mol. The van der Waals surface area contributed by atoms with E-state index in [-0.39, 0.29) is 0 Å². The van der Waals surface area contributed by atoms with Gasteiger partial charge in [-0.05, 0) is 11.6 Å². The first kappa shape index (κ1) is 8.97. The number of pyridine rings is 1. The summed E-state index contributed by atoms with van der Waals surface area (Å²) < 4.78 is 0. The van der Waals surface area contributed by atoms with Crippen LogP contribution in [0.4, 0.5) is 5.69 Å². The molecule has 3 rings (SSSR count). The van der Waals surface area contributed by atoms with Crippen LogP contribution < -0.4 is 5.73 Å². The second-order valence-corrected chi connectivity index (χ2v) is 3.69. The Morgan fingerprint density at radius 1 is 1.06 bits per heavy atom. The van der Waals surface area contributed by atoms with E-state index in [4.69, 9.17) is 5.73 Å². The highest BCUT2D eigenvalue weighted by Gasteiger charge is 2.08. The smallest absolute Gasteiger partial charge is 0.137 e. The largest absolute Gasteiger partial charge is 0.397 e. The van der Waals surface area contributed by atoms with Crippen LogP contribution in [0.1, 0.15) is 0 Å². The fourth-order valence-corrected chi connectivity index (χ4v) is 1.95. The van der Waals surface area contributed by atoms with Crippen molar-refractivity contribution in [3.05, 3.63) is 48.8 Å². The molecule has 0 amide bonds. The summed E-state index contributed by atoms with van der Waals surface area (Å²) in [4.78, 5) is 7.34. The second-order valence-electron chi connectivity index (χ2n) is 3.69. The van der Waals surface area contributed by atoms with Crippen LogP contribution in [0.3, 0.4) is 0 Å². The molecule has 16 heavy (non-hydrogen) atoms. The Morgan fingerprint density at radius 3 is 2.69 bits per heavy atom. The zero-order chi connectivity index (χ0) is 11.0. The van der Waals surface area contributed by atoms with E-state index < -0.39 is 0 Å². The van der Waals surface area contributed by atoms with Gasteiger partial charge in [-0.15, -0.1) is 0 Å². The monoisotopic (exact) mass is 209 g/mol. The van der Waals surface area contributed by atoms with Crippen LogP contribution in [0.25, 0.3) is 22.2 Å². The number of benzene rings is 1. The zero-order valence-electron chi connectivity index (χ0n) is 8.64. The van der Waals surface area contributed by atoms with Crippen LogP contribution in [0.15, 0.2) is 48.8 Å². The van der Waals surface area contributed by atoms with Crippen molar-refractivity contribution < 1.29 is 0 Å². The fourth-order valence-electron chi connectivity index (χ4n) is 1.95. The van der Waals surface area contributed by atoms with Gasteiger partial charge in [0.25, 0.3) is 0 Å². The summed E-state index contributed by atoms with van der Waals surface area (Å²) >= 11 is 0. The van der Waals surface area contributed by atoms with E-state index in [1.54, 1.807) is 6.20 Å². The molecule has 3 nitrogen and oxygen atoms in total. The molecular formula is C13H11N3. The van der Waals surface area contributed by atoms with Crippen molar-refractivity contribution in [3.8, 4) is 11.1 Å². The van der Waals surface area contributed by atoms with Gasteiger partial charge in [-0.3, -0.25) is 0 Å². The molecule has 3 N–H and O–H groups in total. The predicted molar refractivity (Wildman–Crippen MR) is 65.9 cm³/mol. The Kier molecular flexibility index (Phi) is 1.90. The second kappa shape index (κ2) is 3.38. The number of H-pyrrole nitrogens is 1. The average molecular weight is 209 g/mol. The number of hydrogen-bond acceptors (Lipinski definition) is 2. The summed E-state index contributed by atoms with van der Waals surface area (Å²) in [5.41, 5.74) is 9.74. The quantitative estimate of drug-likeness (QED) is 0.647. The lowest BCUT2D eigenvalue weighted by Crippen LogP contribution is -1.92. The van der Waals surface area contributed by atoms with Crippen molar-refractivity contribution in [2.24, 2.45) is 0 Å². The van der Waals surface area contributed by atoms with Crippen LogP contribution in [0, 0.1) is 0 Å². The minimum atomic E-state index is 0.707. The van der Waals surface area contributed by atoms with Crippen molar-refractivity contribution in [1.29, 1.82) is 0 Å². The molecule has 0 radical (unpaired) electrons. The maximum atomic E-state index is 6.00. The van der Waals surface area contributed by atoms with Crippen LogP contribution in [-0.2, 0) is 0 Å². The third-order valence-corrected chi connectivity index (χ3v) is 2.68. The van der Waals surface area contributed by atoms with Crippen LogP contribution in [-0.4, -0.2) is 9.97 Å². The lowest BCUT2D eigenvalue weighted by Gasteiger charge is -2.06. The third kappa shape index (κ3) is 1.26. The number of aromatic amines is 1. The molecule has 78 valence electrons. The van der Waals surface area contributed by atoms with Gasteiger partial charge in [0, 0.05) is 17.1 Å². The first-order valence-electron chi connectivity index (χ1n) is 5.13. The maximum absolute atomic E-state index is 6.00. The number of aromatic nitrogens is 2. The Labute approximate surface area is 92.9 Å².